The van der Waals surface area contributed by atoms with Gasteiger partial charge in [-0.05, 0) is 44.5 Å². The second-order valence-electron chi connectivity index (χ2n) is 6.02. The Labute approximate surface area is 151 Å². The summed E-state index contributed by atoms with van der Waals surface area (Å²) in [5.41, 5.74) is 0.754. The van der Waals surface area contributed by atoms with E-state index < -0.39 is 0 Å². The van der Waals surface area contributed by atoms with Gasteiger partial charge >= 0.3 is 11.8 Å². The van der Waals surface area contributed by atoms with Crippen molar-refractivity contribution in [2.45, 2.75) is 32.9 Å². The minimum atomic E-state index is -0.380. The molecule has 26 heavy (non-hydrogen) atoms. The molecule has 0 aliphatic carbocycles. The van der Waals surface area contributed by atoms with Crippen LogP contribution in [-0.2, 0) is 6.54 Å². The average Bonchev–Trinajstić information content (AvgIpc) is 3.30. The van der Waals surface area contributed by atoms with Gasteiger partial charge in [-0.3, -0.25) is 4.79 Å². The molecule has 8 nitrogen and oxygen atoms in total. The zero-order valence-corrected chi connectivity index (χ0v) is 14.8. The van der Waals surface area contributed by atoms with Gasteiger partial charge in [0.1, 0.15) is 5.75 Å². The monoisotopic (exact) mass is 355 g/mol. The van der Waals surface area contributed by atoms with E-state index >= 15 is 0 Å². The third kappa shape index (κ3) is 4.69. The lowest BCUT2D eigenvalue weighted by Crippen LogP contribution is -2.25. The van der Waals surface area contributed by atoms with E-state index in [4.69, 9.17) is 9.26 Å². The molecule has 0 radical (unpaired) electrons. The minimum absolute atomic E-state index is 0.0508. The SMILES string of the molecule is CC(C)Oc1ccc(-c2noc(C(=O)NCCCn3ccnc3)n2)cc1. The van der Waals surface area contributed by atoms with Crippen molar-refractivity contribution in [1.29, 1.82) is 0 Å². The van der Waals surface area contributed by atoms with Crippen molar-refractivity contribution in [3.05, 3.63) is 48.9 Å². The van der Waals surface area contributed by atoms with Crippen LogP contribution in [0.1, 0.15) is 31.0 Å². The molecule has 0 aliphatic heterocycles. The number of amides is 1. The lowest BCUT2D eigenvalue weighted by molar-refractivity contribution is 0.0909. The number of ether oxygens (including phenoxy) is 1. The second kappa shape index (κ2) is 8.28. The summed E-state index contributed by atoms with van der Waals surface area (Å²) in [5.74, 6) is 0.701. The highest BCUT2D eigenvalue weighted by Crippen LogP contribution is 2.20. The van der Waals surface area contributed by atoms with Gasteiger partial charge in [0.25, 0.3) is 0 Å². The summed E-state index contributed by atoms with van der Waals surface area (Å²) in [6, 6.07) is 7.33. The summed E-state index contributed by atoms with van der Waals surface area (Å²) in [6.45, 7) is 5.22. The third-order valence-corrected chi connectivity index (χ3v) is 3.54. The first-order chi connectivity index (χ1) is 12.6. The number of aromatic nitrogens is 4. The zero-order chi connectivity index (χ0) is 18.4. The second-order valence-corrected chi connectivity index (χ2v) is 6.02. The smallest absolute Gasteiger partial charge is 0.316 e. The van der Waals surface area contributed by atoms with Crippen LogP contribution in [0.15, 0.2) is 47.5 Å². The Morgan fingerprint density at radius 3 is 2.81 bits per heavy atom. The zero-order valence-electron chi connectivity index (χ0n) is 14.8. The van der Waals surface area contributed by atoms with Crippen molar-refractivity contribution in [2.24, 2.45) is 0 Å². The molecule has 0 fully saturated rings. The predicted octanol–water partition coefficient (Wildman–Crippen LogP) is 2.54. The number of carbonyl (C=O) groups excluding carboxylic acids is 1. The van der Waals surface area contributed by atoms with E-state index in [1.807, 2.05) is 48.9 Å². The number of rotatable bonds is 8. The summed E-state index contributed by atoms with van der Waals surface area (Å²) in [7, 11) is 0. The first kappa shape index (κ1) is 17.7. The van der Waals surface area contributed by atoms with Crippen molar-refractivity contribution in [1.82, 2.24) is 25.0 Å². The van der Waals surface area contributed by atoms with Gasteiger partial charge in [-0.25, -0.2) is 4.98 Å². The molecule has 2 heterocycles. The maximum absolute atomic E-state index is 12.1. The molecule has 0 aliphatic rings. The van der Waals surface area contributed by atoms with Gasteiger partial charge in [-0.2, -0.15) is 4.98 Å². The van der Waals surface area contributed by atoms with Crippen LogP contribution in [0.4, 0.5) is 0 Å². The van der Waals surface area contributed by atoms with Gasteiger partial charge in [-0.15, -0.1) is 0 Å². The van der Waals surface area contributed by atoms with E-state index in [9.17, 15) is 4.79 Å². The van der Waals surface area contributed by atoms with Gasteiger partial charge < -0.3 is 19.1 Å². The number of nitrogens with zero attached hydrogens (tertiary/aromatic N) is 4. The fraction of sp³-hybridized carbons (Fsp3) is 0.333. The molecule has 3 rings (SSSR count). The number of carbonyl (C=O) groups is 1. The summed E-state index contributed by atoms with van der Waals surface area (Å²) >= 11 is 0. The van der Waals surface area contributed by atoms with Crippen LogP contribution < -0.4 is 10.1 Å². The lowest BCUT2D eigenvalue weighted by atomic mass is 10.2. The van der Waals surface area contributed by atoms with Gasteiger partial charge in [0.2, 0.25) is 5.82 Å². The molecular weight excluding hydrogens is 334 g/mol. The van der Waals surface area contributed by atoms with Gasteiger partial charge in [0, 0.05) is 31.0 Å². The normalized spacial score (nSPS) is 10.9. The Morgan fingerprint density at radius 2 is 2.12 bits per heavy atom. The van der Waals surface area contributed by atoms with E-state index in [2.05, 4.69) is 20.4 Å². The Balaban J connectivity index is 1.52. The lowest BCUT2D eigenvalue weighted by Gasteiger charge is -2.09. The van der Waals surface area contributed by atoms with Gasteiger partial charge in [0.05, 0.1) is 12.4 Å². The number of benzene rings is 1. The molecule has 0 bridgehead atoms. The van der Waals surface area contributed by atoms with Crippen LogP contribution in [0.2, 0.25) is 0 Å². The Bertz CT molecular complexity index is 825. The standard InChI is InChI=1S/C18H21N5O3/c1-13(2)25-15-6-4-14(5-7-15)16-21-18(26-22-16)17(24)20-8-3-10-23-11-9-19-12-23/h4-7,9,11-13H,3,8,10H2,1-2H3,(H,20,24). The Kier molecular flexibility index (Phi) is 5.62. The first-order valence-corrected chi connectivity index (χ1v) is 8.46. The summed E-state index contributed by atoms with van der Waals surface area (Å²) in [6.07, 6.45) is 6.23. The van der Waals surface area contributed by atoms with Crippen LogP contribution >= 0.6 is 0 Å². The average molecular weight is 355 g/mol. The molecule has 8 heteroatoms. The topological polar surface area (TPSA) is 95.1 Å². The summed E-state index contributed by atoms with van der Waals surface area (Å²) in [5, 5.41) is 6.63. The maximum Gasteiger partial charge on any atom is 0.316 e. The van der Waals surface area contributed by atoms with Crippen molar-refractivity contribution in [3.63, 3.8) is 0 Å². The molecule has 136 valence electrons. The molecule has 1 amide bonds. The molecule has 0 saturated carbocycles. The molecule has 0 saturated heterocycles. The van der Waals surface area contributed by atoms with Gasteiger partial charge in [0.15, 0.2) is 0 Å². The van der Waals surface area contributed by atoms with Crippen LogP contribution in [0.3, 0.4) is 0 Å². The quantitative estimate of drug-likeness (QED) is 0.624. The van der Waals surface area contributed by atoms with E-state index in [0.717, 1.165) is 24.3 Å². The Morgan fingerprint density at radius 1 is 1.31 bits per heavy atom. The number of hydrogen-bond donors (Lipinski definition) is 1. The van der Waals surface area contributed by atoms with Crippen LogP contribution in [0, 0.1) is 0 Å². The summed E-state index contributed by atoms with van der Waals surface area (Å²) in [4.78, 5) is 20.2. The number of nitrogens with one attached hydrogen (secondary N) is 1. The van der Waals surface area contributed by atoms with Crippen LogP contribution in [-0.4, -0.2) is 38.2 Å². The van der Waals surface area contributed by atoms with Crippen molar-refractivity contribution < 1.29 is 14.1 Å². The first-order valence-electron chi connectivity index (χ1n) is 8.46. The fourth-order valence-corrected chi connectivity index (χ4v) is 2.35. The van der Waals surface area contributed by atoms with Crippen LogP contribution in [0.5, 0.6) is 5.75 Å². The predicted molar refractivity (Wildman–Crippen MR) is 94.7 cm³/mol. The van der Waals surface area contributed by atoms with E-state index in [1.165, 1.54) is 0 Å². The van der Waals surface area contributed by atoms with E-state index in [-0.39, 0.29) is 17.9 Å². The number of aryl methyl sites for hydroxylation is 1. The third-order valence-electron chi connectivity index (χ3n) is 3.54. The minimum Gasteiger partial charge on any atom is -0.491 e. The van der Waals surface area contributed by atoms with Crippen molar-refractivity contribution >= 4 is 5.91 Å². The maximum atomic E-state index is 12.1. The molecule has 1 N–H and O–H groups in total. The largest absolute Gasteiger partial charge is 0.491 e. The number of hydrogen-bond acceptors (Lipinski definition) is 6. The number of imidazole rings is 1. The molecule has 0 spiro atoms. The van der Waals surface area contributed by atoms with E-state index in [1.54, 1.807) is 12.5 Å². The fourth-order valence-electron chi connectivity index (χ4n) is 2.35. The van der Waals surface area contributed by atoms with Crippen molar-refractivity contribution in [2.75, 3.05) is 6.54 Å². The van der Waals surface area contributed by atoms with Gasteiger partial charge in [-0.1, -0.05) is 5.16 Å². The molecule has 0 atom stereocenters. The summed E-state index contributed by atoms with van der Waals surface area (Å²) < 4.78 is 12.6. The van der Waals surface area contributed by atoms with Crippen LogP contribution in [0.25, 0.3) is 11.4 Å². The molecule has 0 unspecified atom stereocenters. The highest BCUT2D eigenvalue weighted by molar-refractivity contribution is 5.89. The Hall–Kier alpha value is -3.16. The van der Waals surface area contributed by atoms with Crippen molar-refractivity contribution in [3.8, 4) is 17.1 Å². The molecule has 3 aromatic rings. The molecule has 1 aromatic carbocycles. The van der Waals surface area contributed by atoms with E-state index in [0.29, 0.717) is 12.4 Å². The highest BCUT2D eigenvalue weighted by atomic mass is 16.5. The highest BCUT2D eigenvalue weighted by Gasteiger charge is 2.15. The molecule has 2 aromatic heterocycles. The molecular formula is C18H21N5O3.